The van der Waals surface area contributed by atoms with Gasteiger partial charge in [0.15, 0.2) is 0 Å². The van der Waals surface area contributed by atoms with Gasteiger partial charge in [0, 0.05) is 10.6 Å². The molecule has 0 N–H and O–H groups in total. The number of aromatic nitrogens is 2. The third-order valence-electron chi connectivity index (χ3n) is 3.17. The first-order chi connectivity index (χ1) is 9.52. The van der Waals surface area contributed by atoms with Crippen LogP contribution < -0.4 is 0 Å². The van der Waals surface area contributed by atoms with Crippen LogP contribution in [0.2, 0.25) is 10.0 Å². The second-order valence-electron chi connectivity index (χ2n) is 4.46. The number of oxazole rings is 1. The van der Waals surface area contributed by atoms with Gasteiger partial charge in [-0.3, -0.25) is 0 Å². The van der Waals surface area contributed by atoms with E-state index < -0.39 is 0 Å². The number of hydrogen-bond donors (Lipinski definition) is 0. The van der Waals surface area contributed by atoms with E-state index in [9.17, 15) is 0 Å². The van der Waals surface area contributed by atoms with Crippen molar-refractivity contribution in [1.82, 2.24) is 9.61 Å². The van der Waals surface area contributed by atoms with E-state index in [0.717, 1.165) is 33.6 Å². The summed E-state index contributed by atoms with van der Waals surface area (Å²) in [4.78, 5) is 0. The van der Waals surface area contributed by atoms with Crippen molar-refractivity contribution in [1.29, 1.82) is 0 Å². The van der Waals surface area contributed by atoms with Crippen LogP contribution in [0.3, 0.4) is 0 Å². The molecule has 1 aromatic carbocycles. The Bertz CT molecular complexity index is 807. The molecule has 20 heavy (non-hydrogen) atoms. The van der Waals surface area contributed by atoms with Crippen molar-refractivity contribution in [3.8, 4) is 11.3 Å². The zero-order valence-corrected chi connectivity index (χ0v) is 14.0. The third kappa shape index (κ3) is 2.07. The van der Waals surface area contributed by atoms with Gasteiger partial charge in [0.25, 0.3) is 0 Å². The van der Waals surface area contributed by atoms with Crippen LogP contribution in [0.5, 0.6) is 0 Å². The SMILES string of the molecule is CCc1nn2c(-c3ccc(Cl)cc3Cl)c(C)oc2c1Br. The maximum absolute atomic E-state index is 6.29. The quantitative estimate of drug-likeness (QED) is 0.590. The van der Waals surface area contributed by atoms with E-state index >= 15 is 0 Å². The van der Waals surface area contributed by atoms with Crippen molar-refractivity contribution < 1.29 is 4.42 Å². The predicted octanol–water partition coefficient (Wildman–Crippen LogP) is 5.53. The number of fused-ring (bicyclic) bond motifs is 1. The second-order valence-corrected chi connectivity index (χ2v) is 6.10. The Kier molecular flexibility index (Phi) is 3.56. The molecule has 0 bridgehead atoms. The lowest BCUT2D eigenvalue weighted by Gasteiger charge is -2.03. The first-order valence-electron chi connectivity index (χ1n) is 6.14. The Balaban J connectivity index is 2.32. The normalized spacial score (nSPS) is 11.4. The zero-order chi connectivity index (χ0) is 14.4. The maximum atomic E-state index is 6.29. The van der Waals surface area contributed by atoms with Crippen molar-refractivity contribution in [3.63, 3.8) is 0 Å². The Hall–Kier alpha value is -0.970. The van der Waals surface area contributed by atoms with Gasteiger partial charge in [-0.15, -0.1) is 0 Å². The molecule has 0 atom stereocenters. The smallest absolute Gasteiger partial charge is 0.237 e. The number of rotatable bonds is 2. The van der Waals surface area contributed by atoms with Gasteiger partial charge in [-0.2, -0.15) is 9.61 Å². The summed E-state index contributed by atoms with van der Waals surface area (Å²) in [5.41, 5.74) is 3.35. The number of aryl methyl sites for hydroxylation is 2. The van der Waals surface area contributed by atoms with Gasteiger partial charge in [0.1, 0.15) is 15.9 Å². The molecule has 0 fully saturated rings. The molecule has 0 aliphatic rings. The van der Waals surface area contributed by atoms with Crippen LogP contribution >= 0.6 is 39.1 Å². The lowest BCUT2D eigenvalue weighted by Crippen LogP contribution is -1.92. The summed E-state index contributed by atoms with van der Waals surface area (Å²) in [5.74, 6) is 0.764. The van der Waals surface area contributed by atoms with E-state index in [2.05, 4.69) is 21.0 Å². The summed E-state index contributed by atoms with van der Waals surface area (Å²) in [7, 11) is 0. The van der Waals surface area contributed by atoms with Crippen LogP contribution in [0.1, 0.15) is 18.4 Å². The summed E-state index contributed by atoms with van der Waals surface area (Å²) in [6, 6.07) is 5.40. The van der Waals surface area contributed by atoms with Crippen LogP contribution in [0.4, 0.5) is 0 Å². The molecule has 104 valence electrons. The van der Waals surface area contributed by atoms with E-state index in [4.69, 9.17) is 27.6 Å². The summed E-state index contributed by atoms with van der Waals surface area (Å²) < 4.78 is 8.49. The minimum Gasteiger partial charge on any atom is -0.440 e. The molecule has 0 amide bonds. The molecule has 6 heteroatoms. The Morgan fingerprint density at radius 1 is 1.35 bits per heavy atom. The fourth-order valence-electron chi connectivity index (χ4n) is 2.22. The Morgan fingerprint density at radius 3 is 2.75 bits per heavy atom. The van der Waals surface area contributed by atoms with Crippen molar-refractivity contribution in [2.45, 2.75) is 20.3 Å². The van der Waals surface area contributed by atoms with Crippen LogP contribution in [-0.2, 0) is 6.42 Å². The van der Waals surface area contributed by atoms with Gasteiger partial charge in [0.05, 0.1) is 10.7 Å². The van der Waals surface area contributed by atoms with E-state index in [0.29, 0.717) is 15.8 Å². The van der Waals surface area contributed by atoms with Gasteiger partial charge < -0.3 is 4.42 Å². The highest BCUT2D eigenvalue weighted by Gasteiger charge is 2.21. The third-order valence-corrected chi connectivity index (χ3v) is 4.52. The molecule has 0 saturated heterocycles. The number of benzene rings is 1. The molecule has 2 heterocycles. The van der Waals surface area contributed by atoms with Gasteiger partial charge in [-0.05, 0) is 47.5 Å². The summed E-state index contributed by atoms with van der Waals surface area (Å²) in [6.45, 7) is 3.95. The van der Waals surface area contributed by atoms with Gasteiger partial charge >= 0.3 is 0 Å². The minimum atomic E-state index is 0.577. The van der Waals surface area contributed by atoms with E-state index in [1.807, 2.05) is 19.9 Å². The van der Waals surface area contributed by atoms with E-state index in [1.54, 1.807) is 16.6 Å². The number of hydrogen-bond acceptors (Lipinski definition) is 2. The molecule has 3 aromatic rings. The molecule has 0 saturated carbocycles. The molecule has 2 aromatic heterocycles. The summed E-state index contributed by atoms with van der Waals surface area (Å²) in [5, 5.41) is 5.76. The van der Waals surface area contributed by atoms with E-state index in [1.165, 1.54) is 0 Å². The van der Waals surface area contributed by atoms with Gasteiger partial charge in [-0.25, -0.2) is 0 Å². The molecule has 0 radical (unpaired) electrons. The average Bonchev–Trinajstić information content (AvgIpc) is 2.87. The molecular weight excluding hydrogens is 363 g/mol. The lowest BCUT2D eigenvalue weighted by atomic mass is 10.1. The number of halogens is 3. The summed E-state index contributed by atoms with van der Waals surface area (Å²) in [6.07, 6.45) is 0.824. The highest BCUT2D eigenvalue weighted by atomic mass is 79.9. The van der Waals surface area contributed by atoms with Crippen molar-refractivity contribution in [3.05, 3.63) is 44.2 Å². The van der Waals surface area contributed by atoms with Crippen molar-refractivity contribution >= 4 is 44.8 Å². The lowest BCUT2D eigenvalue weighted by molar-refractivity contribution is 0.571. The predicted molar refractivity (Wildman–Crippen MR) is 84.7 cm³/mol. The van der Waals surface area contributed by atoms with Crippen LogP contribution in [-0.4, -0.2) is 9.61 Å². The van der Waals surface area contributed by atoms with Gasteiger partial charge in [0.2, 0.25) is 5.71 Å². The maximum Gasteiger partial charge on any atom is 0.237 e. The monoisotopic (exact) mass is 372 g/mol. The van der Waals surface area contributed by atoms with Crippen molar-refractivity contribution in [2.24, 2.45) is 0 Å². The molecule has 0 aliphatic heterocycles. The largest absolute Gasteiger partial charge is 0.440 e. The first-order valence-corrected chi connectivity index (χ1v) is 7.69. The fraction of sp³-hybridized carbons (Fsp3) is 0.214. The molecular formula is C14H11BrCl2N2O. The topological polar surface area (TPSA) is 30.4 Å². The highest BCUT2D eigenvalue weighted by molar-refractivity contribution is 9.10. The number of nitrogens with zero attached hydrogens (tertiary/aromatic N) is 2. The minimum absolute atomic E-state index is 0.577. The summed E-state index contributed by atoms with van der Waals surface area (Å²) >= 11 is 15.8. The molecule has 0 unspecified atom stereocenters. The fourth-order valence-corrected chi connectivity index (χ4v) is 3.33. The Morgan fingerprint density at radius 2 is 2.10 bits per heavy atom. The molecule has 3 nitrogen and oxygen atoms in total. The second kappa shape index (κ2) is 5.10. The molecule has 3 rings (SSSR count). The highest BCUT2D eigenvalue weighted by Crippen LogP contribution is 2.36. The average molecular weight is 374 g/mol. The molecule has 0 spiro atoms. The van der Waals surface area contributed by atoms with Crippen LogP contribution in [0, 0.1) is 6.92 Å². The zero-order valence-electron chi connectivity index (χ0n) is 10.9. The van der Waals surface area contributed by atoms with Crippen LogP contribution in [0.15, 0.2) is 27.1 Å². The van der Waals surface area contributed by atoms with Crippen molar-refractivity contribution in [2.75, 3.05) is 0 Å². The van der Waals surface area contributed by atoms with Gasteiger partial charge in [-0.1, -0.05) is 30.1 Å². The van der Waals surface area contributed by atoms with E-state index in [-0.39, 0.29) is 0 Å². The molecule has 0 aliphatic carbocycles. The standard InChI is InChI=1S/C14H11BrCl2N2O/c1-3-11-12(15)14-19(18-11)13(7(2)20-14)9-5-4-8(16)6-10(9)17/h4-6H,3H2,1-2H3. The van der Waals surface area contributed by atoms with Crippen LogP contribution in [0.25, 0.3) is 17.0 Å². The Labute approximate surface area is 134 Å². The first kappa shape index (κ1) is 14.0.